The predicted molar refractivity (Wildman–Crippen MR) is 59.8 cm³/mol. The molecule has 0 N–H and O–H groups in total. The number of rotatable bonds is 2. The van der Waals surface area contributed by atoms with Crippen molar-refractivity contribution in [2.24, 2.45) is 16.7 Å². The van der Waals surface area contributed by atoms with Crippen molar-refractivity contribution in [2.75, 3.05) is 0 Å². The summed E-state index contributed by atoms with van der Waals surface area (Å²) in [5, 5.41) is 9.31. The Hall–Kier alpha value is -0.510. The maximum Gasteiger partial charge on any atom is 0.0689 e. The monoisotopic (exact) mass is 193 g/mol. The molecular weight excluding hydrogens is 170 g/mol. The highest BCUT2D eigenvalue weighted by molar-refractivity contribution is 5.03. The molecule has 0 bridgehead atoms. The van der Waals surface area contributed by atoms with Gasteiger partial charge < -0.3 is 0 Å². The topological polar surface area (TPSA) is 23.8 Å². The molecule has 0 aliphatic heterocycles. The molecule has 1 fully saturated rings. The van der Waals surface area contributed by atoms with Gasteiger partial charge in [-0.3, -0.25) is 0 Å². The second-order valence-electron chi connectivity index (χ2n) is 6.15. The molecule has 0 aromatic carbocycles. The van der Waals surface area contributed by atoms with E-state index in [4.69, 9.17) is 0 Å². The number of nitrogens with zero attached hydrogens (tertiary/aromatic N) is 1. The quantitative estimate of drug-likeness (QED) is 0.646. The standard InChI is InChI=1S/C13H23N/c1-11(2)9-13(10-14)7-5-12(3,4)6-8-13/h11H,5-9H2,1-4H3. The van der Waals surface area contributed by atoms with E-state index in [0.717, 1.165) is 19.3 Å². The summed E-state index contributed by atoms with van der Waals surface area (Å²) in [6.07, 6.45) is 5.73. The first-order valence-electron chi connectivity index (χ1n) is 5.80. The van der Waals surface area contributed by atoms with Gasteiger partial charge in [0.25, 0.3) is 0 Å². The van der Waals surface area contributed by atoms with Crippen LogP contribution in [-0.4, -0.2) is 0 Å². The Kier molecular flexibility index (Phi) is 3.24. The molecule has 1 rings (SSSR count). The molecule has 0 atom stereocenters. The highest BCUT2D eigenvalue weighted by Crippen LogP contribution is 2.47. The van der Waals surface area contributed by atoms with Crippen LogP contribution >= 0.6 is 0 Å². The largest absolute Gasteiger partial charge is 0.198 e. The minimum absolute atomic E-state index is 0.00366. The first-order chi connectivity index (χ1) is 6.39. The highest BCUT2D eigenvalue weighted by atomic mass is 14.4. The Balaban J connectivity index is 2.63. The predicted octanol–water partition coefficient (Wildman–Crippen LogP) is 4.14. The Bertz CT molecular complexity index is 222. The third-order valence-electron chi connectivity index (χ3n) is 3.60. The van der Waals surface area contributed by atoms with Crippen LogP contribution in [0.25, 0.3) is 0 Å². The van der Waals surface area contributed by atoms with Crippen LogP contribution in [0.15, 0.2) is 0 Å². The van der Waals surface area contributed by atoms with E-state index in [0.29, 0.717) is 11.3 Å². The van der Waals surface area contributed by atoms with E-state index >= 15 is 0 Å². The van der Waals surface area contributed by atoms with Crippen LogP contribution in [0.1, 0.15) is 59.8 Å². The summed E-state index contributed by atoms with van der Waals surface area (Å²) in [7, 11) is 0. The molecule has 0 spiro atoms. The second kappa shape index (κ2) is 3.93. The van der Waals surface area contributed by atoms with Gasteiger partial charge in [-0.25, -0.2) is 0 Å². The van der Waals surface area contributed by atoms with Crippen molar-refractivity contribution in [3.05, 3.63) is 0 Å². The van der Waals surface area contributed by atoms with Crippen molar-refractivity contribution in [2.45, 2.75) is 59.8 Å². The van der Waals surface area contributed by atoms with Crippen LogP contribution in [-0.2, 0) is 0 Å². The fourth-order valence-electron chi connectivity index (χ4n) is 2.55. The van der Waals surface area contributed by atoms with E-state index in [1.165, 1.54) is 12.8 Å². The molecule has 0 saturated heterocycles. The van der Waals surface area contributed by atoms with Crippen molar-refractivity contribution in [1.29, 1.82) is 5.26 Å². The van der Waals surface area contributed by atoms with Gasteiger partial charge in [0.05, 0.1) is 11.5 Å². The summed E-state index contributed by atoms with van der Waals surface area (Å²) in [6.45, 7) is 9.09. The van der Waals surface area contributed by atoms with Gasteiger partial charge in [0.15, 0.2) is 0 Å². The van der Waals surface area contributed by atoms with Crippen LogP contribution in [0, 0.1) is 28.1 Å². The van der Waals surface area contributed by atoms with Crippen LogP contribution in [0.3, 0.4) is 0 Å². The van der Waals surface area contributed by atoms with Crippen molar-refractivity contribution >= 4 is 0 Å². The average molecular weight is 193 g/mol. The average Bonchev–Trinajstić information content (AvgIpc) is 2.09. The molecule has 0 aromatic heterocycles. The molecular formula is C13H23N. The van der Waals surface area contributed by atoms with E-state index in [9.17, 15) is 5.26 Å². The fraction of sp³-hybridized carbons (Fsp3) is 0.923. The molecule has 1 saturated carbocycles. The molecule has 14 heavy (non-hydrogen) atoms. The number of nitriles is 1. The molecule has 1 heteroatoms. The molecule has 0 aromatic rings. The van der Waals surface area contributed by atoms with E-state index < -0.39 is 0 Å². The van der Waals surface area contributed by atoms with Gasteiger partial charge in [-0.1, -0.05) is 27.7 Å². The van der Waals surface area contributed by atoms with Gasteiger partial charge in [0.2, 0.25) is 0 Å². The van der Waals surface area contributed by atoms with Crippen molar-refractivity contribution < 1.29 is 0 Å². The normalized spacial score (nSPS) is 24.6. The first kappa shape index (κ1) is 11.6. The Labute approximate surface area is 88.5 Å². The van der Waals surface area contributed by atoms with Gasteiger partial charge in [0, 0.05) is 0 Å². The Morgan fingerprint density at radius 3 is 2.00 bits per heavy atom. The zero-order valence-electron chi connectivity index (χ0n) is 10.1. The van der Waals surface area contributed by atoms with Gasteiger partial charge in [-0.2, -0.15) is 5.26 Å². The van der Waals surface area contributed by atoms with Crippen LogP contribution < -0.4 is 0 Å². The lowest BCUT2D eigenvalue weighted by molar-refractivity contribution is 0.127. The minimum atomic E-state index is 0.00366. The number of hydrogen-bond acceptors (Lipinski definition) is 1. The molecule has 0 radical (unpaired) electrons. The van der Waals surface area contributed by atoms with E-state index in [2.05, 4.69) is 33.8 Å². The maximum absolute atomic E-state index is 9.31. The lowest BCUT2D eigenvalue weighted by atomic mass is 9.63. The van der Waals surface area contributed by atoms with E-state index in [1.807, 2.05) is 0 Å². The summed E-state index contributed by atoms with van der Waals surface area (Å²) < 4.78 is 0. The third-order valence-corrected chi connectivity index (χ3v) is 3.60. The molecule has 1 aliphatic carbocycles. The van der Waals surface area contributed by atoms with Crippen LogP contribution in [0.5, 0.6) is 0 Å². The molecule has 0 heterocycles. The summed E-state index contributed by atoms with van der Waals surface area (Å²) in [6, 6.07) is 2.59. The van der Waals surface area contributed by atoms with E-state index in [1.54, 1.807) is 0 Å². The molecule has 1 aliphatic rings. The third kappa shape index (κ3) is 2.74. The fourth-order valence-corrected chi connectivity index (χ4v) is 2.55. The van der Waals surface area contributed by atoms with Crippen molar-refractivity contribution in [1.82, 2.24) is 0 Å². The zero-order valence-corrected chi connectivity index (χ0v) is 10.1. The summed E-state index contributed by atoms with van der Waals surface area (Å²) >= 11 is 0. The highest BCUT2D eigenvalue weighted by Gasteiger charge is 2.38. The van der Waals surface area contributed by atoms with Gasteiger partial charge in [0.1, 0.15) is 0 Å². The Morgan fingerprint density at radius 2 is 1.64 bits per heavy atom. The minimum Gasteiger partial charge on any atom is -0.198 e. The van der Waals surface area contributed by atoms with Crippen LogP contribution in [0.2, 0.25) is 0 Å². The molecule has 0 amide bonds. The molecule has 0 unspecified atom stereocenters. The first-order valence-corrected chi connectivity index (χ1v) is 5.80. The molecule has 80 valence electrons. The zero-order chi connectivity index (χ0) is 10.8. The smallest absolute Gasteiger partial charge is 0.0689 e. The van der Waals surface area contributed by atoms with Gasteiger partial charge in [-0.05, 0) is 43.4 Å². The second-order valence-corrected chi connectivity index (χ2v) is 6.15. The van der Waals surface area contributed by atoms with Gasteiger partial charge in [-0.15, -0.1) is 0 Å². The van der Waals surface area contributed by atoms with E-state index in [-0.39, 0.29) is 5.41 Å². The summed E-state index contributed by atoms with van der Waals surface area (Å²) in [5.41, 5.74) is 0.473. The van der Waals surface area contributed by atoms with Crippen molar-refractivity contribution in [3.63, 3.8) is 0 Å². The molecule has 1 nitrogen and oxygen atoms in total. The van der Waals surface area contributed by atoms with Crippen LogP contribution in [0.4, 0.5) is 0 Å². The SMILES string of the molecule is CC(C)CC1(C#N)CCC(C)(C)CC1. The maximum atomic E-state index is 9.31. The lowest BCUT2D eigenvalue weighted by Crippen LogP contribution is -2.31. The summed E-state index contributed by atoms with van der Waals surface area (Å²) in [5.74, 6) is 0.649. The van der Waals surface area contributed by atoms with Gasteiger partial charge >= 0.3 is 0 Å². The number of hydrogen-bond donors (Lipinski definition) is 0. The lowest BCUT2D eigenvalue weighted by Gasteiger charge is -2.40. The van der Waals surface area contributed by atoms with Crippen molar-refractivity contribution in [3.8, 4) is 6.07 Å². The summed E-state index contributed by atoms with van der Waals surface area (Å²) in [4.78, 5) is 0. The Morgan fingerprint density at radius 1 is 1.14 bits per heavy atom.